The lowest BCUT2D eigenvalue weighted by Crippen LogP contribution is -2.36. The van der Waals surface area contributed by atoms with Crippen molar-refractivity contribution < 1.29 is 8.42 Å². The van der Waals surface area contributed by atoms with Crippen molar-refractivity contribution in [1.82, 2.24) is 14.2 Å². The van der Waals surface area contributed by atoms with E-state index < -0.39 is 10.0 Å². The first-order valence-electron chi connectivity index (χ1n) is 8.09. The van der Waals surface area contributed by atoms with Gasteiger partial charge in [0.25, 0.3) is 0 Å². The molecule has 0 saturated carbocycles. The van der Waals surface area contributed by atoms with Crippen molar-refractivity contribution in [3.63, 3.8) is 0 Å². The van der Waals surface area contributed by atoms with Gasteiger partial charge in [-0.15, -0.1) is 0 Å². The molecule has 1 aromatic rings. The summed E-state index contributed by atoms with van der Waals surface area (Å²) >= 11 is 0. The number of aromatic nitrogens is 1. The molecular weight excluding hydrogens is 298 g/mol. The fourth-order valence-electron chi connectivity index (χ4n) is 3.77. The Kier molecular flexibility index (Phi) is 4.80. The van der Waals surface area contributed by atoms with Crippen LogP contribution in [0.2, 0.25) is 0 Å². The minimum atomic E-state index is -3.01. The van der Waals surface area contributed by atoms with E-state index in [-0.39, 0.29) is 0 Å². The van der Waals surface area contributed by atoms with Gasteiger partial charge in [0.15, 0.2) is 0 Å². The van der Waals surface area contributed by atoms with Crippen LogP contribution in [0.3, 0.4) is 0 Å². The molecule has 0 bridgehead atoms. The van der Waals surface area contributed by atoms with Gasteiger partial charge in [-0.05, 0) is 55.8 Å². The van der Waals surface area contributed by atoms with Crippen LogP contribution in [-0.4, -0.2) is 55.0 Å². The van der Waals surface area contributed by atoms with Gasteiger partial charge in [0.1, 0.15) is 0 Å². The van der Waals surface area contributed by atoms with Crippen molar-refractivity contribution in [2.24, 2.45) is 11.8 Å². The third-order valence-corrected chi connectivity index (χ3v) is 6.35. The lowest BCUT2D eigenvalue weighted by atomic mass is 9.84. The van der Waals surface area contributed by atoms with E-state index in [4.69, 9.17) is 0 Å². The summed E-state index contributed by atoms with van der Waals surface area (Å²) in [6, 6.07) is 4.11. The predicted molar refractivity (Wildman–Crippen MR) is 86.8 cm³/mol. The molecule has 0 radical (unpaired) electrons. The van der Waals surface area contributed by atoms with Gasteiger partial charge in [0, 0.05) is 32.0 Å². The maximum Gasteiger partial charge on any atom is 0.211 e. The van der Waals surface area contributed by atoms with Crippen LogP contribution in [0.4, 0.5) is 0 Å². The van der Waals surface area contributed by atoms with Crippen molar-refractivity contribution in [2.45, 2.75) is 25.8 Å². The molecule has 1 aromatic heterocycles. The Morgan fingerprint density at radius 2 is 1.91 bits per heavy atom. The number of hydrogen-bond acceptors (Lipinski definition) is 4. The fourth-order valence-corrected chi connectivity index (χ4v) is 4.67. The van der Waals surface area contributed by atoms with Crippen molar-refractivity contribution in [1.29, 1.82) is 0 Å². The van der Waals surface area contributed by atoms with Crippen molar-refractivity contribution >= 4 is 10.0 Å². The molecule has 1 unspecified atom stereocenters. The number of rotatable bonds is 4. The molecule has 2 saturated heterocycles. The average molecular weight is 323 g/mol. The molecule has 2 aliphatic rings. The molecule has 6 heteroatoms. The first-order valence-corrected chi connectivity index (χ1v) is 9.93. The van der Waals surface area contributed by atoms with E-state index in [1.165, 1.54) is 24.7 Å². The van der Waals surface area contributed by atoms with Crippen LogP contribution in [0.25, 0.3) is 0 Å². The zero-order chi connectivity index (χ0) is 15.6. The minimum absolute atomic E-state index is 0.551. The van der Waals surface area contributed by atoms with Crippen LogP contribution in [0.1, 0.15) is 24.8 Å². The molecule has 0 N–H and O–H groups in total. The smallest absolute Gasteiger partial charge is 0.211 e. The second-order valence-electron chi connectivity index (χ2n) is 6.64. The van der Waals surface area contributed by atoms with E-state index in [0.29, 0.717) is 18.4 Å². The Morgan fingerprint density at radius 1 is 1.18 bits per heavy atom. The van der Waals surface area contributed by atoms with Crippen LogP contribution >= 0.6 is 0 Å². The van der Waals surface area contributed by atoms with Crippen molar-refractivity contribution in [2.75, 3.05) is 32.4 Å². The standard InChI is InChI=1S/C16H25N3O2S/c1-22(20,21)19-10-6-16(13-19)15-4-8-18(9-5-15)12-14-3-2-7-17-11-14/h2-3,7,11,15-16H,4-6,8-10,12-13H2,1H3. The number of pyridine rings is 1. The highest BCUT2D eigenvalue weighted by Crippen LogP contribution is 2.32. The molecule has 0 aromatic carbocycles. The number of likely N-dealkylation sites (tertiary alicyclic amines) is 1. The van der Waals surface area contributed by atoms with E-state index in [1.807, 2.05) is 18.5 Å². The van der Waals surface area contributed by atoms with E-state index >= 15 is 0 Å². The fraction of sp³-hybridized carbons (Fsp3) is 0.688. The number of sulfonamides is 1. The number of nitrogens with zero attached hydrogens (tertiary/aromatic N) is 3. The van der Waals surface area contributed by atoms with Gasteiger partial charge in [-0.1, -0.05) is 6.07 Å². The molecular formula is C16H25N3O2S. The summed E-state index contributed by atoms with van der Waals surface area (Å²) < 4.78 is 24.9. The lowest BCUT2D eigenvalue weighted by Gasteiger charge is -2.34. The quantitative estimate of drug-likeness (QED) is 0.844. The van der Waals surface area contributed by atoms with E-state index in [0.717, 1.165) is 32.6 Å². The van der Waals surface area contributed by atoms with Gasteiger partial charge in [0.2, 0.25) is 10.0 Å². The zero-order valence-corrected chi connectivity index (χ0v) is 14.0. The molecule has 5 nitrogen and oxygen atoms in total. The van der Waals surface area contributed by atoms with Crippen LogP contribution in [0.5, 0.6) is 0 Å². The Balaban J connectivity index is 1.48. The summed E-state index contributed by atoms with van der Waals surface area (Å²) in [5.74, 6) is 1.23. The van der Waals surface area contributed by atoms with Crippen LogP contribution in [-0.2, 0) is 16.6 Å². The van der Waals surface area contributed by atoms with E-state index in [9.17, 15) is 8.42 Å². The molecule has 122 valence electrons. The SMILES string of the molecule is CS(=O)(=O)N1CCC(C2CCN(Cc3cccnc3)CC2)C1. The van der Waals surface area contributed by atoms with Gasteiger partial charge in [0.05, 0.1) is 6.26 Å². The summed E-state index contributed by atoms with van der Waals surface area (Å²) in [4.78, 5) is 6.65. The molecule has 3 rings (SSSR count). The summed E-state index contributed by atoms with van der Waals surface area (Å²) in [5, 5.41) is 0. The van der Waals surface area contributed by atoms with Gasteiger partial charge < -0.3 is 0 Å². The maximum atomic E-state index is 11.6. The highest BCUT2D eigenvalue weighted by molar-refractivity contribution is 7.88. The Hall–Kier alpha value is -0.980. The summed E-state index contributed by atoms with van der Waals surface area (Å²) in [6.07, 6.45) is 8.47. The van der Waals surface area contributed by atoms with Gasteiger partial charge in [-0.2, -0.15) is 0 Å². The van der Waals surface area contributed by atoms with Crippen LogP contribution in [0.15, 0.2) is 24.5 Å². The Labute approximate surface area is 133 Å². The predicted octanol–water partition coefficient (Wildman–Crippen LogP) is 1.58. The topological polar surface area (TPSA) is 53.5 Å². The lowest BCUT2D eigenvalue weighted by molar-refractivity contribution is 0.145. The molecule has 0 aliphatic carbocycles. The van der Waals surface area contributed by atoms with E-state index in [2.05, 4.69) is 16.0 Å². The number of hydrogen-bond donors (Lipinski definition) is 0. The molecule has 22 heavy (non-hydrogen) atoms. The van der Waals surface area contributed by atoms with Crippen LogP contribution in [0, 0.1) is 11.8 Å². The van der Waals surface area contributed by atoms with Gasteiger partial charge in [-0.25, -0.2) is 12.7 Å². The third-order valence-electron chi connectivity index (χ3n) is 5.08. The zero-order valence-electron chi connectivity index (χ0n) is 13.2. The normalized spacial score (nSPS) is 25.6. The second kappa shape index (κ2) is 6.64. The van der Waals surface area contributed by atoms with Gasteiger partial charge in [-0.3, -0.25) is 9.88 Å². The second-order valence-corrected chi connectivity index (χ2v) is 8.63. The Bertz CT molecular complexity index is 583. The highest BCUT2D eigenvalue weighted by atomic mass is 32.2. The summed E-state index contributed by atoms with van der Waals surface area (Å²) in [5.41, 5.74) is 1.27. The summed E-state index contributed by atoms with van der Waals surface area (Å²) in [7, 11) is -3.01. The highest BCUT2D eigenvalue weighted by Gasteiger charge is 2.34. The third kappa shape index (κ3) is 3.86. The molecule has 3 heterocycles. The van der Waals surface area contributed by atoms with Crippen LogP contribution < -0.4 is 0 Å². The maximum absolute atomic E-state index is 11.6. The molecule has 1 atom stereocenters. The first-order chi connectivity index (χ1) is 10.5. The Morgan fingerprint density at radius 3 is 2.50 bits per heavy atom. The monoisotopic (exact) mass is 323 g/mol. The molecule has 0 spiro atoms. The van der Waals surface area contributed by atoms with Crippen molar-refractivity contribution in [3.8, 4) is 0 Å². The van der Waals surface area contributed by atoms with Gasteiger partial charge >= 0.3 is 0 Å². The molecule has 2 aliphatic heterocycles. The minimum Gasteiger partial charge on any atom is -0.299 e. The molecule has 2 fully saturated rings. The van der Waals surface area contributed by atoms with E-state index in [1.54, 1.807) is 4.31 Å². The summed E-state index contributed by atoms with van der Waals surface area (Å²) in [6.45, 7) is 4.62. The molecule has 0 amide bonds. The largest absolute Gasteiger partial charge is 0.299 e. The number of piperidine rings is 1. The first kappa shape index (κ1) is 15.9. The van der Waals surface area contributed by atoms with Crippen molar-refractivity contribution in [3.05, 3.63) is 30.1 Å². The average Bonchev–Trinajstić information content (AvgIpc) is 2.99.